The zero-order valence-electron chi connectivity index (χ0n) is 19.6. The number of imide groups is 1. The molecular formula is C24H25N7O6. The van der Waals surface area contributed by atoms with E-state index in [0.717, 1.165) is 4.90 Å². The lowest BCUT2D eigenvalue weighted by Gasteiger charge is -2.26. The van der Waals surface area contributed by atoms with E-state index in [1.54, 1.807) is 42.5 Å². The lowest BCUT2D eigenvalue weighted by molar-refractivity contribution is -0.139. The Bertz CT molecular complexity index is 1420. The molecule has 2 aromatic carbocycles. The van der Waals surface area contributed by atoms with Gasteiger partial charge in [0.2, 0.25) is 5.91 Å². The highest BCUT2D eigenvalue weighted by Crippen LogP contribution is 2.28. The number of aliphatic carboxylic acids is 1. The zero-order chi connectivity index (χ0) is 26.7. The van der Waals surface area contributed by atoms with Crippen LogP contribution in [-0.4, -0.2) is 56.9 Å². The molecule has 0 bridgehead atoms. The molecule has 13 nitrogen and oxygen atoms in total. The standard InChI is InChI=1S/C24H25N7O6/c25-20(26)15-3-1-2-13(8-15)10-24(7-6-19(33)34)22(35)31(23(36)29-24)12-18(32)28-11-14-4-5-16-17(9-14)37-30-21(16)27/h1-5,8-9H,6-7,10-12H2,(H3,25,26)(H2,27,30)(H,28,32)(H,29,36)(H,33,34)/t24-/m1/s1. The number of carbonyl (C=O) groups excluding carboxylic acids is 3. The van der Waals surface area contributed by atoms with Gasteiger partial charge in [-0.05, 0) is 35.7 Å². The predicted octanol–water partition coefficient (Wildman–Crippen LogP) is 0.708. The number of amidine groups is 1. The summed E-state index contributed by atoms with van der Waals surface area (Å²) in [5, 5.41) is 26.4. The average Bonchev–Trinajstić information content (AvgIpc) is 3.33. The van der Waals surface area contributed by atoms with E-state index >= 15 is 0 Å². The normalized spacial score (nSPS) is 17.1. The predicted molar refractivity (Wildman–Crippen MR) is 131 cm³/mol. The Morgan fingerprint density at radius 2 is 1.97 bits per heavy atom. The molecule has 1 fully saturated rings. The first kappa shape index (κ1) is 25.2. The summed E-state index contributed by atoms with van der Waals surface area (Å²) in [5.74, 6) is -2.36. The number of rotatable bonds is 10. The number of urea groups is 1. The van der Waals surface area contributed by atoms with Gasteiger partial charge in [-0.25, -0.2) is 4.79 Å². The monoisotopic (exact) mass is 507 g/mol. The number of hydrogen-bond donors (Lipinski definition) is 6. The summed E-state index contributed by atoms with van der Waals surface area (Å²) in [6.07, 6.45) is -0.604. The van der Waals surface area contributed by atoms with Crippen molar-refractivity contribution in [3.8, 4) is 0 Å². The molecule has 1 aliphatic heterocycles. The van der Waals surface area contributed by atoms with E-state index in [2.05, 4.69) is 15.8 Å². The smallest absolute Gasteiger partial charge is 0.325 e. The minimum absolute atomic E-state index is 0.0373. The lowest BCUT2D eigenvalue weighted by atomic mass is 9.85. The Labute approximate surface area is 210 Å². The fourth-order valence-corrected chi connectivity index (χ4v) is 4.23. The molecule has 0 radical (unpaired) electrons. The van der Waals surface area contributed by atoms with Crippen LogP contribution in [0.25, 0.3) is 11.0 Å². The van der Waals surface area contributed by atoms with Crippen LogP contribution in [-0.2, 0) is 27.3 Å². The van der Waals surface area contributed by atoms with E-state index in [-0.39, 0.29) is 37.5 Å². The Balaban J connectivity index is 1.47. The Morgan fingerprint density at radius 1 is 1.19 bits per heavy atom. The highest BCUT2D eigenvalue weighted by Gasteiger charge is 2.51. The van der Waals surface area contributed by atoms with E-state index in [0.29, 0.717) is 27.7 Å². The minimum atomic E-state index is -1.57. The number of amides is 4. The van der Waals surface area contributed by atoms with Crippen LogP contribution in [0.2, 0.25) is 0 Å². The van der Waals surface area contributed by atoms with Crippen molar-refractivity contribution in [2.24, 2.45) is 5.73 Å². The molecule has 1 aliphatic rings. The third kappa shape index (κ3) is 5.34. The Hall–Kier alpha value is -4.94. The van der Waals surface area contributed by atoms with Crippen LogP contribution < -0.4 is 22.1 Å². The number of nitrogens with two attached hydrogens (primary N) is 2. The molecule has 1 saturated heterocycles. The van der Waals surface area contributed by atoms with E-state index < -0.39 is 35.9 Å². The molecule has 8 N–H and O–H groups in total. The molecule has 0 aliphatic carbocycles. The highest BCUT2D eigenvalue weighted by atomic mass is 16.5. The van der Waals surface area contributed by atoms with Crippen LogP contribution in [0.5, 0.6) is 0 Å². The maximum absolute atomic E-state index is 13.4. The fourth-order valence-electron chi connectivity index (χ4n) is 4.23. The largest absolute Gasteiger partial charge is 0.481 e. The van der Waals surface area contributed by atoms with Gasteiger partial charge in [0.15, 0.2) is 11.4 Å². The SMILES string of the molecule is N=C(N)c1cccc(C[C@@]2(CCC(=O)O)NC(=O)N(CC(=O)NCc3ccc4c(N)noc4c3)C2=O)c1. The lowest BCUT2D eigenvalue weighted by Crippen LogP contribution is -2.50. The Kier molecular flexibility index (Phi) is 6.78. The van der Waals surface area contributed by atoms with Crippen LogP contribution in [0.1, 0.15) is 29.5 Å². The fraction of sp³-hybridized carbons (Fsp3) is 0.250. The van der Waals surface area contributed by atoms with Gasteiger partial charge in [0.05, 0.1) is 5.39 Å². The van der Waals surface area contributed by atoms with E-state index in [9.17, 15) is 24.3 Å². The number of carboxylic acids is 1. The number of aromatic nitrogens is 1. The topological polar surface area (TPSA) is 218 Å². The van der Waals surface area contributed by atoms with Crippen molar-refractivity contribution in [2.75, 3.05) is 12.3 Å². The summed E-state index contributed by atoms with van der Waals surface area (Å²) in [5.41, 5.74) is 11.8. The Morgan fingerprint density at radius 3 is 2.70 bits per heavy atom. The third-order valence-electron chi connectivity index (χ3n) is 6.11. The van der Waals surface area contributed by atoms with Gasteiger partial charge in [-0.2, -0.15) is 0 Å². The molecule has 0 saturated carbocycles. The number of benzene rings is 2. The molecule has 3 aromatic rings. The zero-order valence-corrected chi connectivity index (χ0v) is 19.6. The quantitative estimate of drug-likeness (QED) is 0.129. The summed E-state index contributed by atoms with van der Waals surface area (Å²) < 4.78 is 5.11. The first-order chi connectivity index (χ1) is 17.6. The van der Waals surface area contributed by atoms with Gasteiger partial charge >= 0.3 is 12.0 Å². The molecule has 192 valence electrons. The van der Waals surface area contributed by atoms with Crippen molar-refractivity contribution in [3.05, 3.63) is 59.2 Å². The van der Waals surface area contributed by atoms with Gasteiger partial charge in [0.1, 0.15) is 17.9 Å². The second-order valence-corrected chi connectivity index (χ2v) is 8.76. The highest BCUT2D eigenvalue weighted by molar-refractivity contribution is 6.09. The van der Waals surface area contributed by atoms with Gasteiger partial charge in [-0.1, -0.05) is 29.4 Å². The number of carbonyl (C=O) groups is 4. The average molecular weight is 508 g/mol. The molecule has 0 spiro atoms. The van der Waals surface area contributed by atoms with Crippen molar-refractivity contribution >= 4 is 46.4 Å². The van der Waals surface area contributed by atoms with Crippen LogP contribution in [0.4, 0.5) is 10.6 Å². The number of carboxylic acid groups (broad SMARTS) is 1. The van der Waals surface area contributed by atoms with Crippen LogP contribution in [0.3, 0.4) is 0 Å². The van der Waals surface area contributed by atoms with Gasteiger partial charge < -0.3 is 31.7 Å². The van der Waals surface area contributed by atoms with Gasteiger partial charge in [-0.3, -0.25) is 24.7 Å². The van der Waals surface area contributed by atoms with Crippen molar-refractivity contribution in [1.82, 2.24) is 20.7 Å². The number of anilines is 1. The molecule has 1 aromatic heterocycles. The van der Waals surface area contributed by atoms with Crippen LogP contribution in [0, 0.1) is 5.41 Å². The molecular weight excluding hydrogens is 482 g/mol. The number of nitrogens with zero attached hydrogens (tertiary/aromatic N) is 2. The second kappa shape index (κ2) is 9.97. The molecule has 37 heavy (non-hydrogen) atoms. The molecule has 2 heterocycles. The van der Waals surface area contributed by atoms with E-state index in [1.807, 2.05) is 0 Å². The summed E-state index contributed by atoms with van der Waals surface area (Å²) in [6.45, 7) is -0.453. The third-order valence-corrected chi connectivity index (χ3v) is 6.11. The summed E-state index contributed by atoms with van der Waals surface area (Å²) in [6, 6.07) is 10.9. The molecule has 4 rings (SSSR count). The number of fused-ring (bicyclic) bond motifs is 1. The van der Waals surface area contributed by atoms with Crippen molar-refractivity contribution in [1.29, 1.82) is 5.41 Å². The summed E-state index contributed by atoms with van der Waals surface area (Å²) in [4.78, 5) is 50.8. The summed E-state index contributed by atoms with van der Waals surface area (Å²) in [7, 11) is 0. The first-order valence-corrected chi connectivity index (χ1v) is 11.3. The van der Waals surface area contributed by atoms with Crippen LogP contribution in [0.15, 0.2) is 47.0 Å². The molecule has 13 heteroatoms. The second-order valence-electron chi connectivity index (χ2n) is 8.76. The minimum Gasteiger partial charge on any atom is -0.481 e. The summed E-state index contributed by atoms with van der Waals surface area (Å²) >= 11 is 0. The van der Waals surface area contributed by atoms with E-state index in [1.165, 1.54) is 0 Å². The van der Waals surface area contributed by atoms with Crippen LogP contribution >= 0.6 is 0 Å². The maximum atomic E-state index is 13.4. The number of nitrogen functional groups attached to an aromatic ring is 2. The van der Waals surface area contributed by atoms with Gasteiger partial charge in [-0.15, -0.1) is 0 Å². The van der Waals surface area contributed by atoms with E-state index in [4.69, 9.17) is 21.4 Å². The van der Waals surface area contributed by atoms with Gasteiger partial charge in [0.25, 0.3) is 5.91 Å². The maximum Gasteiger partial charge on any atom is 0.325 e. The van der Waals surface area contributed by atoms with Gasteiger partial charge in [0, 0.05) is 24.9 Å². The molecule has 4 amide bonds. The molecule has 1 atom stereocenters. The van der Waals surface area contributed by atoms with Crippen molar-refractivity contribution in [2.45, 2.75) is 31.3 Å². The van der Waals surface area contributed by atoms with Crippen molar-refractivity contribution < 1.29 is 28.8 Å². The number of hydrogen-bond acceptors (Lipinski definition) is 8. The molecule has 0 unspecified atom stereocenters. The van der Waals surface area contributed by atoms with Crippen molar-refractivity contribution in [3.63, 3.8) is 0 Å². The number of nitrogens with one attached hydrogen (secondary N) is 3. The first-order valence-electron chi connectivity index (χ1n) is 11.3.